The lowest BCUT2D eigenvalue weighted by Crippen LogP contribution is -2.15. The van der Waals surface area contributed by atoms with E-state index in [4.69, 9.17) is 0 Å². The number of rotatable bonds is 5. The Kier molecular flexibility index (Phi) is 3.97. The number of hydrogen-bond donors (Lipinski definition) is 3. The minimum atomic E-state index is 0.762. The van der Waals surface area contributed by atoms with Gasteiger partial charge in [0.25, 0.3) is 0 Å². The van der Waals surface area contributed by atoms with Gasteiger partial charge in [0, 0.05) is 32.6 Å². The number of hydrogen-bond acceptors (Lipinski definition) is 6. The molecule has 0 saturated carbocycles. The maximum absolute atomic E-state index is 4.34. The smallest absolute Gasteiger partial charge is 0.140 e. The molecule has 0 fully saturated rings. The van der Waals surface area contributed by atoms with E-state index in [1.165, 1.54) is 0 Å². The van der Waals surface area contributed by atoms with Gasteiger partial charge >= 0.3 is 0 Å². The molecule has 3 rings (SSSR count). The molecule has 3 heterocycles. The summed E-state index contributed by atoms with van der Waals surface area (Å²) in [4.78, 5) is 8.58. The third-order valence-corrected chi connectivity index (χ3v) is 3.18. The van der Waals surface area contributed by atoms with Crippen molar-refractivity contribution in [1.29, 1.82) is 0 Å². The SMILES string of the molecule is CNNc1cc(-c2ccnc(Nc3ccnn3C)c2)ccn1. The van der Waals surface area contributed by atoms with Gasteiger partial charge in [-0.05, 0) is 35.4 Å². The van der Waals surface area contributed by atoms with Crippen LogP contribution in [0.25, 0.3) is 11.1 Å². The van der Waals surface area contributed by atoms with E-state index in [0.717, 1.165) is 28.6 Å². The van der Waals surface area contributed by atoms with Crippen molar-refractivity contribution >= 4 is 17.5 Å². The molecule has 0 bridgehead atoms. The van der Waals surface area contributed by atoms with E-state index in [1.54, 1.807) is 30.3 Å². The number of nitrogens with one attached hydrogen (secondary N) is 3. The van der Waals surface area contributed by atoms with Crippen molar-refractivity contribution in [3.8, 4) is 11.1 Å². The van der Waals surface area contributed by atoms with Gasteiger partial charge in [-0.1, -0.05) is 0 Å². The van der Waals surface area contributed by atoms with Crippen LogP contribution >= 0.6 is 0 Å². The third-order valence-electron chi connectivity index (χ3n) is 3.18. The van der Waals surface area contributed by atoms with Gasteiger partial charge in [0.15, 0.2) is 0 Å². The zero-order valence-electron chi connectivity index (χ0n) is 12.4. The predicted octanol–water partition coefficient (Wildman–Crippen LogP) is 2.17. The summed E-state index contributed by atoms with van der Waals surface area (Å²) in [6, 6.07) is 9.79. The van der Waals surface area contributed by atoms with Crippen LogP contribution in [0.4, 0.5) is 17.5 Å². The molecule has 0 aliphatic rings. The van der Waals surface area contributed by atoms with Gasteiger partial charge in [0.2, 0.25) is 0 Å². The molecule has 22 heavy (non-hydrogen) atoms. The van der Waals surface area contributed by atoms with Crippen LogP contribution in [-0.4, -0.2) is 26.8 Å². The first kappa shape index (κ1) is 14.0. The molecule has 3 aromatic rings. The molecule has 0 aliphatic heterocycles. The standard InChI is InChI=1S/C15H17N7/c1-16-21-14-10-12(4-7-18-14)11-3-6-17-13(9-11)20-15-5-8-19-22(15)2/h3-10,16H,1-2H3,(H,17,20)(H,18,21). The first-order valence-electron chi connectivity index (χ1n) is 6.86. The second-order valence-electron chi connectivity index (χ2n) is 4.70. The molecule has 0 unspecified atom stereocenters. The second kappa shape index (κ2) is 6.23. The topological polar surface area (TPSA) is 79.7 Å². The van der Waals surface area contributed by atoms with E-state index in [2.05, 4.69) is 31.2 Å². The Morgan fingerprint density at radius 1 is 0.909 bits per heavy atom. The van der Waals surface area contributed by atoms with Crippen molar-refractivity contribution in [1.82, 2.24) is 25.2 Å². The van der Waals surface area contributed by atoms with Crippen molar-refractivity contribution in [3.05, 3.63) is 48.9 Å². The van der Waals surface area contributed by atoms with Crippen LogP contribution in [0.3, 0.4) is 0 Å². The lowest BCUT2D eigenvalue weighted by atomic mass is 10.1. The van der Waals surface area contributed by atoms with Crippen molar-refractivity contribution in [2.75, 3.05) is 17.8 Å². The molecule has 0 saturated heterocycles. The van der Waals surface area contributed by atoms with Gasteiger partial charge in [-0.25, -0.2) is 15.4 Å². The fraction of sp³-hybridized carbons (Fsp3) is 0.133. The first-order chi connectivity index (χ1) is 10.8. The van der Waals surface area contributed by atoms with Crippen LogP contribution in [0.2, 0.25) is 0 Å². The Labute approximate surface area is 128 Å². The van der Waals surface area contributed by atoms with Gasteiger partial charge in [-0.15, -0.1) is 0 Å². The summed E-state index contributed by atoms with van der Waals surface area (Å²) in [5.74, 6) is 2.41. The fourth-order valence-electron chi connectivity index (χ4n) is 2.11. The Morgan fingerprint density at radius 3 is 2.23 bits per heavy atom. The molecule has 0 amide bonds. The minimum Gasteiger partial charge on any atom is -0.325 e. The minimum absolute atomic E-state index is 0.762. The first-order valence-corrected chi connectivity index (χ1v) is 6.86. The van der Waals surface area contributed by atoms with E-state index in [1.807, 2.05) is 37.4 Å². The second-order valence-corrected chi connectivity index (χ2v) is 4.70. The van der Waals surface area contributed by atoms with Crippen LogP contribution < -0.4 is 16.2 Å². The molecular formula is C15H17N7. The quantitative estimate of drug-likeness (QED) is 0.626. The van der Waals surface area contributed by atoms with E-state index in [-0.39, 0.29) is 0 Å². The molecule has 0 aliphatic carbocycles. The highest BCUT2D eigenvalue weighted by Crippen LogP contribution is 2.24. The lowest BCUT2D eigenvalue weighted by Gasteiger charge is -2.09. The average molecular weight is 295 g/mol. The summed E-state index contributed by atoms with van der Waals surface area (Å²) in [5.41, 5.74) is 7.95. The molecule has 7 heteroatoms. The molecule has 0 spiro atoms. The van der Waals surface area contributed by atoms with Gasteiger partial charge in [-0.3, -0.25) is 4.68 Å². The maximum atomic E-state index is 4.34. The number of hydrazine groups is 1. The third kappa shape index (κ3) is 3.04. The average Bonchev–Trinajstić information content (AvgIpc) is 2.93. The highest BCUT2D eigenvalue weighted by atomic mass is 15.4. The zero-order valence-corrected chi connectivity index (χ0v) is 12.4. The summed E-state index contributed by atoms with van der Waals surface area (Å²) in [7, 11) is 3.68. The van der Waals surface area contributed by atoms with Crippen LogP contribution in [-0.2, 0) is 7.05 Å². The molecule has 3 N–H and O–H groups in total. The number of pyridine rings is 2. The summed E-state index contributed by atoms with van der Waals surface area (Å²) in [6.07, 6.45) is 5.29. The van der Waals surface area contributed by atoms with Crippen molar-refractivity contribution < 1.29 is 0 Å². The van der Waals surface area contributed by atoms with Crippen LogP contribution in [0.5, 0.6) is 0 Å². The van der Waals surface area contributed by atoms with Gasteiger partial charge in [0.1, 0.15) is 17.5 Å². The lowest BCUT2D eigenvalue weighted by molar-refractivity contribution is 0.776. The molecule has 7 nitrogen and oxygen atoms in total. The summed E-state index contributed by atoms with van der Waals surface area (Å²) in [6.45, 7) is 0. The number of aryl methyl sites for hydroxylation is 1. The number of aromatic nitrogens is 4. The number of nitrogens with zero attached hydrogens (tertiary/aromatic N) is 4. The molecule has 3 aromatic heterocycles. The van der Waals surface area contributed by atoms with Crippen molar-refractivity contribution in [2.45, 2.75) is 0 Å². The monoisotopic (exact) mass is 295 g/mol. The molecular weight excluding hydrogens is 278 g/mol. The highest BCUT2D eigenvalue weighted by Gasteiger charge is 2.04. The maximum Gasteiger partial charge on any atom is 0.140 e. The van der Waals surface area contributed by atoms with E-state index < -0.39 is 0 Å². The van der Waals surface area contributed by atoms with Crippen LogP contribution in [0.15, 0.2) is 48.9 Å². The van der Waals surface area contributed by atoms with Gasteiger partial charge in [-0.2, -0.15) is 5.10 Å². The Balaban J connectivity index is 1.87. The molecule has 0 aromatic carbocycles. The highest BCUT2D eigenvalue weighted by molar-refractivity contribution is 5.69. The normalized spacial score (nSPS) is 10.5. The summed E-state index contributed by atoms with van der Waals surface area (Å²) < 4.78 is 1.76. The van der Waals surface area contributed by atoms with Crippen molar-refractivity contribution in [2.24, 2.45) is 7.05 Å². The van der Waals surface area contributed by atoms with Gasteiger partial charge in [0.05, 0.1) is 6.20 Å². The van der Waals surface area contributed by atoms with Crippen molar-refractivity contribution in [3.63, 3.8) is 0 Å². The van der Waals surface area contributed by atoms with E-state index in [9.17, 15) is 0 Å². The summed E-state index contributed by atoms with van der Waals surface area (Å²) >= 11 is 0. The molecule has 0 radical (unpaired) electrons. The zero-order chi connectivity index (χ0) is 15.4. The van der Waals surface area contributed by atoms with Gasteiger partial charge < -0.3 is 10.7 Å². The van der Waals surface area contributed by atoms with E-state index in [0.29, 0.717) is 0 Å². The Bertz CT molecular complexity index is 766. The molecule has 0 atom stereocenters. The Morgan fingerprint density at radius 2 is 1.59 bits per heavy atom. The fourth-order valence-corrected chi connectivity index (χ4v) is 2.11. The van der Waals surface area contributed by atoms with E-state index >= 15 is 0 Å². The predicted molar refractivity (Wildman–Crippen MR) is 86.6 cm³/mol. The van der Waals surface area contributed by atoms with Crippen LogP contribution in [0, 0.1) is 0 Å². The largest absolute Gasteiger partial charge is 0.325 e. The van der Waals surface area contributed by atoms with Crippen LogP contribution in [0.1, 0.15) is 0 Å². The Hall–Kier alpha value is -2.93. The number of anilines is 3. The molecule has 112 valence electrons. The summed E-state index contributed by atoms with van der Waals surface area (Å²) in [5, 5.41) is 7.38.